The van der Waals surface area contributed by atoms with E-state index in [1.54, 1.807) is 18.2 Å². The average Bonchev–Trinajstić information content (AvgIpc) is 3.42. The lowest BCUT2D eigenvalue weighted by atomic mass is 10.0. The maximum atomic E-state index is 12.5. The number of nitrogens with zero attached hydrogens (tertiary/aromatic N) is 2. The van der Waals surface area contributed by atoms with Crippen molar-refractivity contribution in [3.8, 4) is 28.6 Å². The van der Waals surface area contributed by atoms with Gasteiger partial charge in [-0.1, -0.05) is 25.1 Å². The summed E-state index contributed by atoms with van der Waals surface area (Å²) in [5.41, 5.74) is 0.640. The maximum Gasteiger partial charge on any atom is 0.262 e. The van der Waals surface area contributed by atoms with E-state index in [2.05, 4.69) is 15.5 Å². The lowest BCUT2D eigenvalue weighted by molar-refractivity contribution is 0.0918. The Morgan fingerprint density at radius 1 is 1.14 bits per heavy atom. The van der Waals surface area contributed by atoms with Gasteiger partial charge in [0, 0.05) is 5.56 Å². The van der Waals surface area contributed by atoms with Crippen molar-refractivity contribution >= 4 is 17.2 Å². The zero-order chi connectivity index (χ0) is 21.0. The third kappa shape index (κ3) is 4.34. The van der Waals surface area contributed by atoms with Crippen LogP contribution in [0.15, 0.2) is 34.2 Å². The number of rotatable bonds is 8. The van der Waals surface area contributed by atoms with E-state index in [0.717, 1.165) is 0 Å². The summed E-state index contributed by atoms with van der Waals surface area (Å²) in [6, 6.07) is 6.66. The fraction of sp³-hybridized carbons (Fsp3) is 0.350. The number of aromatic nitrogens is 2. The van der Waals surface area contributed by atoms with Gasteiger partial charge in [0.05, 0.1) is 26.2 Å². The van der Waals surface area contributed by atoms with E-state index in [9.17, 15) is 4.79 Å². The quantitative estimate of drug-likeness (QED) is 0.593. The van der Waals surface area contributed by atoms with Crippen molar-refractivity contribution in [3.63, 3.8) is 0 Å². The molecule has 3 rings (SSSR count). The normalized spacial score (nSPS) is 11.9. The number of carbonyl (C=O) groups excluding carboxylic acids is 1. The first-order chi connectivity index (χ1) is 14.0. The van der Waals surface area contributed by atoms with Gasteiger partial charge in [-0.3, -0.25) is 4.79 Å². The summed E-state index contributed by atoms with van der Waals surface area (Å²) in [5, 5.41) is 8.90. The minimum atomic E-state index is -0.423. The highest BCUT2D eigenvalue weighted by Gasteiger charge is 2.26. The van der Waals surface area contributed by atoms with Gasteiger partial charge in [-0.05, 0) is 29.5 Å². The summed E-state index contributed by atoms with van der Waals surface area (Å²) >= 11 is 1.38. The first-order valence-electron chi connectivity index (χ1n) is 8.96. The highest BCUT2D eigenvalue weighted by atomic mass is 32.1. The molecule has 0 radical (unpaired) electrons. The lowest BCUT2D eigenvalue weighted by Gasteiger charge is -2.18. The molecular weight excluding hydrogens is 394 g/mol. The molecule has 29 heavy (non-hydrogen) atoms. The van der Waals surface area contributed by atoms with E-state index in [1.807, 2.05) is 25.3 Å². The van der Waals surface area contributed by atoms with E-state index in [0.29, 0.717) is 39.4 Å². The largest absolute Gasteiger partial charge is 0.493 e. The van der Waals surface area contributed by atoms with Crippen LogP contribution in [-0.4, -0.2) is 37.4 Å². The van der Waals surface area contributed by atoms with Crippen LogP contribution in [0.25, 0.3) is 11.4 Å². The Balaban J connectivity index is 1.91. The molecule has 0 bridgehead atoms. The molecule has 1 unspecified atom stereocenters. The first kappa shape index (κ1) is 20.7. The standard InChI is InChI=1S/C20H23N3O5S/c1-11(2)16(21-19(24)15-7-6-8-29-15)20-22-18(23-28-20)12-9-13(25-3)17(27-5)14(10-12)26-4/h6-11,16H,1-5H3,(H,21,24). The van der Waals surface area contributed by atoms with E-state index >= 15 is 0 Å². The fourth-order valence-corrected chi connectivity index (χ4v) is 3.45. The van der Waals surface area contributed by atoms with Crippen molar-refractivity contribution in [2.75, 3.05) is 21.3 Å². The monoisotopic (exact) mass is 417 g/mol. The van der Waals surface area contributed by atoms with Crippen LogP contribution < -0.4 is 19.5 Å². The summed E-state index contributed by atoms with van der Waals surface area (Å²) in [6.45, 7) is 3.95. The number of nitrogens with one attached hydrogen (secondary N) is 1. The molecule has 1 N–H and O–H groups in total. The van der Waals surface area contributed by atoms with Crippen molar-refractivity contribution in [1.82, 2.24) is 15.5 Å². The summed E-state index contributed by atoms with van der Waals surface area (Å²) in [6.07, 6.45) is 0. The fourth-order valence-electron chi connectivity index (χ4n) is 2.82. The predicted octanol–water partition coefficient (Wildman–Crippen LogP) is 3.95. The van der Waals surface area contributed by atoms with Gasteiger partial charge in [-0.2, -0.15) is 4.98 Å². The topological polar surface area (TPSA) is 95.7 Å². The molecule has 8 nitrogen and oxygen atoms in total. The number of benzene rings is 1. The second-order valence-electron chi connectivity index (χ2n) is 6.54. The Morgan fingerprint density at radius 3 is 2.34 bits per heavy atom. The summed E-state index contributed by atoms with van der Waals surface area (Å²) in [5.74, 6) is 2.01. The number of methoxy groups -OCH3 is 3. The number of thiophene rings is 1. The molecule has 2 aromatic heterocycles. The van der Waals surface area contributed by atoms with Crippen LogP contribution >= 0.6 is 11.3 Å². The molecule has 0 saturated heterocycles. The van der Waals surface area contributed by atoms with Crippen LogP contribution in [0.3, 0.4) is 0 Å². The van der Waals surface area contributed by atoms with Crippen LogP contribution in [0.5, 0.6) is 17.2 Å². The second kappa shape index (κ2) is 8.95. The zero-order valence-electron chi connectivity index (χ0n) is 16.9. The molecule has 3 aromatic rings. The molecule has 0 fully saturated rings. The van der Waals surface area contributed by atoms with Gasteiger partial charge < -0.3 is 24.1 Å². The van der Waals surface area contributed by atoms with E-state index in [4.69, 9.17) is 18.7 Å². The number of hydrogen-bond acceptors (Lipinski definition) is 8. The Bertz CT molecular complexity index is 943. The van der Waals surface area contributed by atoms with E-state index < -0.39 is 6.04 Å². The number of ether oxygens (including phenoxy) is 3. The molecule has 0 aliphatic carbocycles. The van der Waals surface area contributed by atoms with Crippen LogP contribution in [0.2, 0.25) is 0 Å². The predicted molar refractivity (Wildman–Crippen MR) is 109 cm³/mol. The minimum absolute atomic E-state index is 0.0483. The average molecular weight is 417 g/mol. The third-order valence-corrected chi connectivity index (χ3v) is 5.20. The number of carbonyl (C=O) groups is 1. The molecule has 1 atom stereocenters. The molecule has 0 aliphatic rings. The van der Waals surface area contributed by atoms with Gasteiger partial charge in [-0.15, -0.1) is 11.3 Å². The summed E-state index contributed by atoms with van der Waals surface area (Å²) in [4.78, 5) is 17.6. The summed E-state index contributed by atoms with van der Waals surface area (Å²) < 4.78 is 21.6. The Labute approximate surface area is 172 Å². The molecule has 2 heterocycles. The van der Waals surface area contributed by atoms with Gasteiger partial charge in [0.25, 0.3) is 5.91 Å². The SMILES string of the molecule is COc1cc(-c2noc(C(NC(=O)c3cccs3)C(C)C)n2)cc(OC)c1OC. The van der Waals surface area contributed by atoms with Crippen LogP contribution in [0.1, 0.15) is 35.5 Å². The van der Waals surface area contributed by atoms with Crippen molar-refractivity contribution in [1.29, 1.82) is 0 Å². The molecule has 0 aliphatic heterocycles. The number of hydrogen-bond donors (Lipinski definition) is 1. The second-order valence-corrected chi connectivity index (χ2v) is 7.49. The van der Waals surface area contributed by atoms with Crippen LogP contribution in [0, 0.1) is 5.92 Å². The molecule has 0 saturated carbocycles. The third-order valence-electron chi connectivity index (χ3n) is 4.33. The molecule has 1 amide bonds. The van der Waals surface area contributed by atoms with Gasteiger partial charge in [-0.25, -0.2) is 0 Å². The maximum absolute atomic E-state index is 12.5. The molecular formula is C20H23N3O5S. The highest BCUT2D eigenvalue weighted by molar-refractivity contribution is 7.12. The van der Waals surface area contributed by atoms with Crippen molar-refractivity contribution in [2.24, 2.45) is 5.92 Å². The summed E-state index contributed by atoms with van der Waals surface area (Å²) in [7, 11) is 4.62. The smallest absolute Gasteiger partial charge is 0.262 e. The van der Waals surface area contributed by atoms with Crippen molar-refractivity contribution < 1.29 is 23.5 Å². The molecule has 0 spiro atoms. The van der Waals surface area contributed by atoms with Gasteiger partial charge in [0.2, 0.25) is 17.5 Å². The van der Waals surface area contributed by atoms with Crippen molar-refractivity contribution in [3.05, 3.63) is 40.4 Å². The molecule has 9 heteroatoms. The van der Waals surface area contributed by atoms with Crippen LogP contribution in [0.4, 0.5) is 0 Å². The lowest BCUT2D eigenvalue weighted by Crippen LogP contribution is -2.31. The molecule has 1 aromatic carbocycles. The van der Waals surface area contributed by atoms with Gasteiger partial charge >= 0.3 is 0 Å². The Kier molecular flexibility index (Phi) is 6.38. The van der Waals surface area contributed by atoms with Gasteiger partial charge in [0.15, 0.2) is 11.5 Å². The minimum Gasteiger partial charge on any atom is -0.493 e. The Morgan fingerprint density at radius 2 is 1.83 bits per heavy atom. The van der Waals surface area contributed by atoms with Crippen LogP contribution in [-0.2, 0) is 0 Å². The zero-order valence-corrected chi connectivity index (χ0v) is 17.7. The molecule has 154 valence electrons. The number of amides is 1. The Hall–Kier alpha value is -3.07. The van der Waals surface area contributed by atoms with Crippen molar-refractivity contribution in [2.45, 2.75) is 19.9 Å². The highest BCUT2D eigenvalue weighted by Crippen LogP contribution is 2.40. The van der Waals surface area contributed by atoms with E-state index in [-0.39, 0.29) is 11.8 Å². The van der Waals surface area contributed by atoms with Gasteiger partial charge in [0.1, 0.15) is 6.04 Å². The first-order valence-corrected chi connectivity index (χ1v) is 9.84. The van der Waals surface area contributed by atoms with E-state index in [1.165, 1.54) is 32.7 Å².